The van der Waals surface area contributed by atoms with Crippen molar-refractivity contribution < 1.29 is 9.47 Å². The number of benzene rings is 1. The molecule has 1 aromatic carbocycles. The van der Waals surface area contributed by atoms with Crippen LogP contribution >= 0.6 is 0 Å². The SMILES string of the molecule is COC(C)(OC)C(C#N)=Cc1ccccc1. The quantitative estimate of drug-likeness (QED) is 0.575. The summed E-state index contributed by atoms with van der Waals surface area (Å²) in [7, 11) is 3.03. The highest BCUT2D eigenvalue weighted by molar-refractivity contribution is 5.58. The largest absolute Gasteiger partial charge is 0.349 e. The molecule has 0 heterocycles. The van der Waals surface area contributed by atoms with E-state index in [-0.39, 0.29) is 0 Å². The van der Waals surface area contributed by atoms with E-state index in [0.717, 1.165) is 5.56 Å². The van der Waals surface area contributed by atoms with Crippen molar-refractivity contribution in [2.75, 3.05) is 14.2 Å². The van der Waals surface area contributed by atoms with Crippen LogP contribution in [0.5, 0.6) is 0 Å². The van der Waals surface area contributed by atoms with Gasteiger partial charge in [-0.15, -0.1) is 0 Å². The fourth-order valence-corrected chi connectivity index (χ4v) is 1.28. The summed E-state index contributed by atoms with van der Waals surface area (Å²) >= 11 is 0. The van der Waals surface area contributed by atoms with Crippen molar-refractivity contribution >= 4 is 6.08 Å². The van der Waals surface area contributed by atoms with Crippen LogP contribution in [0.3, 0.4) is 0 Å². The molecule has 1 aromatic rings. The van der Waals surface area contributed by atoms with Crippen molar-refractivity contribution in [3.8, 4) is 6.07 Å². The predicted molar refractivity (Wildman–Crippen MR) is 62.5 cm³/mol. The maximum Gasteiger partial charge on any atom is 0.201 e. The minimum absolute atomic E-state index is 0.434. The normalized spacial score (nSPS) is 12.2. The number of rotatable bonds is 4. The van der Waals surface area contributed by atoms with Gasteiger partial charge in [-0.1, -0.05) is 30.3 Å². The Labute approximate surface area is 95.9 Å². The van der Waals surface area contributed by atoms with Crippen LogP contribution in [0.15, 0.2) is 35.9 Å². The van der Waals surface area contributed by atoms with Crippen LogP contribution in [0.1, 0.15) is 12.5 Å². The van der Waals surface area contributed by atoms with Gasteiger partial charge in [0.25, 0.3) is 0 Å². The van der Waals surface area contributed by atoms with E-state index in [9.17, 15) is 0 Å². The molecule has 0 saturated carbocycles. The second-order valence-corrected chi connectivity index (χ2v) is 3.43. The van der Waals surface area contributed by atoms with Gasteiger partial charge in [0, 0.05) is 14.2 Å². The molecule has 0 radical (unpaired) electrons. The first-order valence-electron chi connectivity index (χ1n) is 4.94. The lowest BCUT2D eigenvalue weighted by atomic mass is 10.1. The summed E-state index contributed by atoms with van der Waals surface area (Å²) in [6.45, 7) is 1.71. The Morgan fingerprint density at radius 1 is 1.25 bits per heavy atom. The van der Waals surface area contributed by atoms with E-state index in [2.05, 4.69) is 6.07 Å². The molecule has 16 heavy (non-hydrogen) atoms. The van der Waals surface area contributed by atoms with Gasteiger partial charge in [-0.2, -0.15) is 5.26 Å². The molecule has 0 unspecified atom stereocenters. The molecule has 1 rings (SSSR count). The zero-order valence-corrected chi connectivity index (χ0v) is 9.73. The van der Waals surface area contributed by atoms with Crippen LogP contribution < -0.4 is 0 Å². The van der Waals surface area contributed by atoms with E-state index in [1.165, 1.54) is 14.2 Å². The third-order valence-corrected chi connectivity index (χ3v) is 2.50. The van der Waals surface area contributed by atoms with Gasteiger partial charge in [0.1, 0.15) is 6.07 Å². The van der Waals surface area contributed by atoms with Crippen molar-refractivity contribution in [1.29, 1.82) is 5.26 Å². The molecule has 0 aromatic heterocycles. The summed E-state index contributed by atoms with van der Waals surface area (Å²) in [5, 5.41) is 9.11. The molecule has 0 spiro atoms. The highest BCUT2D eigenvalue weighted by Crippen LogP contribution is 2.23. The van der Waals surface area contributed by atoms with Crippen molar-refractivity contribution in [2.24, 2.45) is 0 Å². The fraction of sp³-hybridized carbons (Fsp3) is 0.308. The number of methoxy groups -OCH3 is 2. The smallest absolute Gasteiger partial charge is 0.201 e. The first kappa shape index (κ1) is 12.4. The number of nitriles is 1. The molecule has 0 atom stereocenters. The summed E-state index contributed by atoms with van der Waals surface area (Å²) in [5.74, 6) is -0.995. The average molecular weight is 217 g/mol. The van der Waals surface area contributed by atoms with Crippen LogP contribution in [0.25, 0.3) is 6.08 Å². The fourth-order valence-electron chi connectivity index (χ4n) is 1.28. The molecule has 0 bridgehead atoms. The third kappa shape index (κ3) is 2.69. The molecule has 0 saturated heterocycles. The molecule has 0 aliphatic heterocycles. The Morgan fingerprint density at radius 3 is 2.25 bits per heavy atom. The summed E-state index contributed by atoms with van der Waals surface area (Å²) in [5.41, 5.74) is 1.38. The van der Waals surface area contributed by atoms with Gasteiger partial charge in [0.05, 0.1) is 5.57 Å². The van der Waals surface area contributed by atoms with E-state index in [4.69, 9.17) is 14.7 Å². The first-order chi connectivity index (χ1) is 7.66. The molecular formula is C13H15NO2. The van der Waals surface area contributed by atoms with Crippen LogP contribution in [0, 0.1) is 11.3 Å². The molecule has 3 heteroatoms. The lowest BCUT2D eigenvalue weighted by Crippen LogP contribution is -2.31. The summed E-state index contributed by atoms with van der Waals surface area (Å²) in [6, 6.07) is 11.7. The Kier molecular flexibility index (Phi) is 4.24. The van der Waals surface area contributed by atoms with Gasteiger partial charge in [-0.05, 0) is 18.6 Å². The van der Waals surface area contributed by atoms with Crippen LogP contribution in [0.2, 0.25) is 0 Å². The zero-order valence-electron chi connectivity index (χ0n) is 9.73. The maximum absolute atomic E-state index is 9.11. The predicted octanol–water partition coefficient (Wildman–Crippen LogP) is 2.60. The van der Waals surface area contributed by atoms with Gasteiger partial charge in [0.2, 0.25) is 5.79 Å². The second-order valence-electron chi connectivity index (χ2n) is 3.43. The van der Waals surface area contributed by atoms with E-state index in [1.807, 2.05) is 30.3 Å². The Balaban J connectivity index is 3.09. The molecule has 84 valence electrons. The van der Waals surface area contributed by atoms with E-state index in [1.54, 1.807) is 13.0 Å². The summed E-state index contributed by atoms with van der Waals surface area (Å²) in [6.07, 6.45) is 1.76. The number of ether oxygens (including phenoxy) is 2. The van der Waals surface area contributed by atoms with Crippen molar-refractivity contribution in [3.63, 3.8) is 0 Å². The molecule has 0 fully saturated rings. The van der Waals surface area contributed by atoms with Crippen molar-refractivity contribution in [3.05, 3.63) is 41.5 Å². The molecule has 0 aliphatic carbocycles. The van der Waals surface area contributed by atoms with E-state index in [0.29, 0.717) is 5.57 Å². The molecule has 0 N–H and O–H groups in total. The minimum Gasteiger partial charge on any atom is -0.349 e. The lowest BCUT2D eigenvalue weighted by Gasteiger charge is -2.25. The monoisotopic (exact) mass is 217 g/mol. The summed E-state index contributed by atoms with van der Waals surface area (Å²) in [4.78, 5) is 0. The number of hydrogen-bond donors (Lipinski definition) is 0. The Morgan fingerprint density at radius 2 is 1.81 bits per heavy atom. The van der Waals surface area contributed by atoms with E-state index < -0.39 is 5.79 Å². The topological polar surface area (TPSA) is 42.2 Å². The Bertz CT molecular complexity index is 400. The van der Waals surface area contributed by atoms with E-state index >= 15 is 0 Å². The highest BCUT2D eigenvalue weighted by atomic mass is 16.7. The van der Waals surface area contributed by atoms with Crippen LogP contribution in [0.4, 0.5) is 0 Å². The summed E-state index contributed by atoms with van der Waals surface area (Å²) < 4.78 is 10.4. The molecule has 0 amide bonds. The van der Waals surface area contributed by atoms with Crippen LogP contribution in [-0.4, -0.2) is 20.0 Å². The van der Waals surface area contributed by atoms with Gasteiger partial charge >= 0.3 is 0 Å². The molecule has 0 aliphatic rings. The minimum atomic E-state index is -0.995. The molecular weight excluding hydrogens is 202 g/mol. The number of nitrogens with zero attached hydrogens (tertiary/aromatic N) is 1. The van der Waals surface area contributed by atoms with Crippen LogP contribution in [-0.2, 0) is 9.47 Å². The maximum atomic E-state index is 9.11. The molecule has 3 nitrogen and oxygen atoms in total. The van der Waals surface area contributed by atoms with Gasteiger partial charge in [-0.3, -0.25) is 0 Å². The average Bonchev–Trinajstić information content (AvgIpc) is 2.36. The lowest BCUT2D eigenvalue weighted by molar-refractivity contribution is -0.160. The van der Waals surface area contributed by atoms with Gasteiger partial charge < -0.3 is 9.47 Å². The van der Waals surface area contributed by atoms with Crippen molar-refractivity contribution in [2.45, 2.75) is 12.7 Å². The number of hydrogen-bond acceptors (Lipinski definition) is 3. The van der Waals surface area contributed by atoms with Gasteiger partial charge in [-0.25, -0.2) is 0 Å². The standard InChI is InChI=1S/C13H15NO2/c1-13(15-2,16-3)12(10-14)9-11-7-5-4-6-8-11/h4-9H,1-3H3. The van der Waals surface area contributed by atoms with Crippen molar-refractivity contribution in [1.82, 2.24) is 0 Å². The second kappa shape index (κ2) is 5.45. The van der Waals surface area contributed by atoms with Gasteiger partial charge in [0.15, 0.2) is 0 Å². The zero-order chi connectivity index (χ0) is 12.0. The third-order valence-electron chi connectivity index (χ3n) is 2.50. The first-order valence-corrected chi connectivity index (χ1v) is 4.94. The highest BCUT2D eigenvalue weighted by Gasteiger charge is 2.28. The Hall–Kier alpha value is -1.63.